The molecule has 0 spiro atoms. The third kappa shape index (κ3) is 3.49. The second-order valence-electron chi connectivity index (χ2n) is 8.35. The van der Waals surface area contributed by atoms with Crippen LogP contribution >= 0.6 is 0 Å². The van der Waals surface area contributed by atoms with E-state index in [9.17, 15) is 9.59 Å². The van der Waals surface area contributed by atoms with Crippen molar-refractivity contribution >= 4 is 23.8 Å². The number of carbonyl (C=O) groups excluding carboxylic acids is 2. The van der Waals surface area contributed by atoms with E-state index in [1.54, 1.807) is 6.21 Å². The van der Waals surface area contributed by atoms with Crippen LogP contribution in [0.3, 0.4) is 0 Å². The number of nitrogens with zero attached hydrogens (tertiary/aromatic N) is 3. The maximum absolute atomic E-state index is 12.7. The average molecular weight is 381 g/mol. The van der Waals surface area contributed by atoms with Crippen molar-refractivity contribution in [2.24, 2.45) is 28.7 Å². The minimum absolute atomic E-state index is 0.0168. The van der Waals surface area contributed by atoms with E-state index in [0.717, 1.165) is 50.3 Å². The average Bonchev–Trinajstić information content (AvgIpc) is 3.16. The first-order chi connectivity index (χ1) is 13.6. The lowest BCUT2D eigenvalue weighted by atomic mass is 9.68. The van der Waals surface area contributed by atoms with Gasteiger partial charge in [-0.1, -0.05) is 6.92 Å². The number of fused-ring (bicyclic) bond motifs is 3. The second-order valence-corrected chi connectivity index (χ2v) is 8.35. The molecule has 4 rings (SSSR count). The molecule has 1 aromatic rings. The summed E-state index contributed by atoms with van der Waals surface area (Å²) in [5, 5.41) is 11.4. The lowest BCUT2D eigenvalue weighted by Gasteiger charge is -2.38. The van der Waals surface area contributed by atoms with Gasteiger partial charge < -0.3 is 9.88 Å². The fraction of sp³-hybridized carbons (Fsp3) is 0.619. The molecule has 148 valence electrons. The van der Waals surface area contributed by atoms with Crippen molar-refractivity contribution in [2.45, 2.75) is 38.5 Å². The molecule has 3 aliphatic rings. The molecule has 7 heteroatoms. The Labute approximate surface area is 165 Å². The van der Waals surface area contributed by atoms with Crippen LogP contribution in [-0.2, 0) is 9.59 Å². The second kappa shape index (κ2) is 7.88. The fourth-order valence-electron chi connectivity index (χ4n) is 5.14. The lowest BCUT2D eigenvalue weighted by molar-refractivity contribution is -0.132. The van der Waals surface area contributed by atoms with Crippen LogP contribution in [0.4, 0.5) is 5.82 Å². The number of carbonyl (C=O) groups is 2. The van der Waals surface area contributed by atoms with Crippen LogP contribution in [0.5, 0.6) is 0 Å². The predicted octanol–water partition coefficient (Wildman–Crippen LogP) is 2.35. The van der Waals surface area contributed by atoms with E-state index in [4.69, 9.17) is 5.26 Å². The van der Waals surface area contributed by atoms with Gasteiger partial charge in [-0.3, -0.25) is 14.9 Å². The van der Waals surface area contributed by atoms with Crippen LogP contribution < -0.4 is 5.32 Å². The van der Waals surface area contributed by atoms with E-state index in [1.807, 2.05) is 19.2 Å². The van der Waals surface area contributed by atoms with Crippen molar-refractivity contribution in [3.63, 3.8) is 0 Å². The topological polar surface area (TPSA) is 101 Å². The van der Waals surface area contributed by atoms with Gasteiger partial charge in [0.1, 0.15) is 5.82 Å². The number of amides is 2. The molecule has 3 aliphatic heterocycles. The number of rotatable bonds is 4. The Morgan fingerprint density at radius 3 is 2.82 bits per heavy atom. The monoisotopic (exact) mass is 381 g/mol. The first kappa shape index (κ1) is 18.9. The standard InChI is InChI=1S/C21H27N5O2/c1-13-16(11-14-4-9-26(10-5-14)8-2-6-22)18-15-3-7-23-19(15)24-12-17(18)21(28)25-20(13)27/h3,7,12-14,16-18,23H,2,4-5,8-11H2,1H3,(H,25,27,28). The lowest BCUT2D eigenvalue weighted by Crippen LogP contribution is -2.37. The molecule has 7 nitrogen and oxygen atoms in total. The summed E-state index contributed by atoms with van der Waals surface area (Å²) in [5.41, 5.74) is 1.06. The van der Waals surface area contributed by atoms with Gasteiger partial charge in [-0.25, -0.2) is 4.99 Å². The molecule has 2 N–H and O–H groups in total. The third-order valence-corrected chi connectivity index (χ3v) is 6.79. The fourth-order valence-corrected chi connectivity index (χ4v) is 5.14. The number of H-pyrrole nitrogens is 1. The number of aliphatic imine (C=N–C) groups is 1. The van der Waals surface area contributed by atoms with E-state index in [1.165, 1.54) is 0 Å². The van der Waals surface area contributed by atoms with E-state index in [-0.39, 0.29) is 29.6 Å². The first-order valence-electron chi connectivity index (χ1n) is 10.2. The van der Waals surface area contributed by atoms with Gasteiger partial charge in [0.15, 0.2) is 0 Å². The Bertz CT molecular complexity index is 815. The van der Waals surface area contributed by atoms with Crippen LogP contribution in [0, 0.1) is 35.0 Å². The van der Waals surface area contributed by atoms with Crippen LogP contribution in [0.25, 0.3) is 0 Å². The molecule has 2 amide bonds. The zero-order valence-corrected chi connectivity index (χ0v) is 16.2. The Morgan fingerprint density at radius 1 is 1.29 bits per heavy atom. The molecule has 0 radical (unpaired) electrons. The molecule has 0 bridgehead atoms. The summed E-state index contributed by atoms with van der Waals surface area (Å²) in [7, 11) is 0. The molecule has 2 fully saturated rings. The molecule has 0 saturated carbocycles. The molecule has 4 heterocycles. The smallest absolute Gasteiger partial charge is 0.235 e. The van der Waals surface area contributed by atoms with Crippen molar-refractivity contribution < 1.29 is 9.59 Å². The summed E-state index contributed by atoms with van der Waals surface area (Å²) in [6.07, 6.45) is 7.25. The van der Waals surface area contributed by atoms with Gasteiger partial charge in [0, 0.05) is 42.8 Å². The molecule has 0 aromatic carbocycles. The number of imide groups is 1. The molecule has 4 unspecified atom stereocenters. The number of aromatic amines is 1. The number of piperidine rings is 1. The van der Waals surface area contributed by atoms with Crippen LogP contribution in [-0.4, -0.2) is 47.5 Å². The summed E-state index contributed by atoms with van der Waals surface area (Å²) >= 11 is 0. The van der Waals surface area contributed by atoms with Gasteiger partial charge in [-0.05, 0) is 50.3 Å². The maximum Gasteiger partial charge on any atom is 0.235 e. The van der Waals surface area contributed by atoms with Crippen molar-refractivity contribution in [3.8, 4) is 6.07 Å². The summed E-state index contributed by atoms with van der Waals surface area (Å²) in [6, 6.07) is 4.23. The molecule has 2 saturated heterocycles. The van der Waals surface area contributed by atoms with Crippen LogP contribution in [0.1, 0.15) is 44.1 Å². The van der Waals surface area contributed by atoms with Gasteiger partial charge in [0.25, 0.3) is 0 Å². The number of likely N-dealkylation sites (tertiary alicyclic amines) is 1. The molecule has 4 atom stereocenters. The highest BCUT2D eigenvalue weighted by Crippen LogP contribution is 2.47. The summed E-state index contributed by atoms with van der Waals surface area (Å²) < 4.78 is 0. The summed E-state index contributed by atoms with van der Waals surface area (Å²) in [6.45, 7) is 4.80. The minimum Gasteiger partial charge on any atom is -0.346 e. The third-order valence-electron chi connectivity index (χ3n) is 6.79. The number of aromatic nitrogens is 1. The SMILES string of the molecule is CC1C(=O)NC(=O)C2C=Nc3[nH]ccc3C2C1CC1CCN(CCC#N)CC1. The summed E-state index contributed by atoms with van der Waals surface area (Å²) in [4.78, 5) is 35.2. The predicted molar refractivity (Wildman–Crippen MR) is 105 cm³/mol. The maximum atomic E-state index is 12.7. The van der Waals surface area contributed by atoms with Crippen LogP contribution in [0.2, 0.25) is 0 Å². The Morgan fingerprint density at radius 2 is 2.07 bits per heavy atom. The number of nitriles is 1. The van der Waals surface area contributed by atoms with Gasteiger partial charge in [-0.2, -0.15) is 5.26 Å². The van der Waals surface area contributed by atoms with Crippen molar-refractivity contribution in [1.82, 2.24) is 15.2 Å². The van der Waals surface area contributed by atoms with Gasteiger partial charge in [0.05, 0.1) is 12.0 Å². The van der Waals surface area contributed by atoms with Crippen molar-refractivity contribution in [1.29, 1.82) is 5.26 Å². The Hall–Kier alpha value is -2.46. The molecule has 28 heavy (non-hydrogen) atoms. The van der Waals surface area contributed by atoms with Gasteiger partial charge in [-0.15, -0.1) is 0 Å². The largest absolute Gasteiger partial charge is 0.346 e. The van der Waals surface area contributed by atoms with Gasteiger partial charge >= 0.3 is 0 Å². The zero-order chi connectivity index (χ0) is 19.7. The summed E-state index contributed by atoms with van der Waals surface area (Å²) in [5.74, 6) is 0.432. The zero-order valence-electron chi connectivity index (χ0n) is 16.2. The van der Waals surface area contributed by atoms with E-state index < -0.39 is 5.92 Å². The highest BCUT2D eigenvalue weighted by molar-refractivity contribution is 6.06. The van der Waals surface area contributed by atoms with Gasteiger partial charge in [0.2, 0.25) is 11.8 Å². The quantitative estimate of drug-likeness (QED) is 0.782. The molecule has 0 aliphatic carbocycles. The van der Waals surface area contributed by atoms with Crippen LogP contribution in [0.15, 0.2) is 17.3 Å². The van der Waals surface area contributed by atoms with E-state index >= 15 is 0 Å². The molecule has 1 aromatic heterocycles. The normalized spacial score (nSPS) is 30.9. The van der Waals surface area contributed by atoms with E-state index in [0.29, 0.717) is 12.3 Å². The minimum atomic E-state index is -0.391. The molecular formula is C21H27N5O2. The molecular weight excluding hydrogens is 354 g/mol. The first-order valence-corrected chi connectivity index (χ1v) is 10.2. The number of hydrogen-bond donors (Lipinski definition) is 2. The Kier molecular flexibility index (Phi) is 5.31. The Balaban J connectivity index is 1.54. The number of hydrogen-bond acceptors (Lipinski definition) is 5. The van der Waals surface area contributed by atoms with E-state index in [2.05, 4.69) is 26.3 Å². The van der Waals surface area contributed by atoms with Crippen molar-refractivity contribution in [2.75, 3.05) is 19.6 Å². The highest BCUT2D eigenvalue weighted by Gasteiger charge is 2.46. The van der Waals surface area contributed by atoms with Crippen molar-refractivity contribution in [3.05, 3.63) is 17.8 Å². The number of nitrogens with one attached hydrogen (secondary N) is 2. The highest BCUT2D eigenvalue weighted by atomic mass is 16.2.